The number of hydrogen-bond acceptors (Lipinski definition) is 2. The largest absolute Gasteiger partial charge is 0.495 e. The van der Waals surface area contributed by atoms with Crippen LogP contribution in [0.5, 0.6) is 5.75 Å². The lowest BCUT2D eigenvalue weighted by Gasteiger charge is -2.16. The Morgan fingerprint density at radius 3 is 2.56 bits per heavy atom. The molecular formula is C12H15BrN2O. The summed E-state index contributed by atoms with van der Waals surface area (Å²) in [6.07, 6.45) is 1.97. The molecule has 4 heteroatoms. The van der Waals surface area contributed by atoms with Crippen LogP contribution in [0.1, 0.15) is 26.6 Å². The molecule has 86 valence electrons. The number of aromatic nitrogens is 2. The van der Waals surface area contributed by atoms with Crippen molar-refractivity contribution in [3.8, 4) is 5.75 Å². The molecule has 0 bridgehead atoms. The van der Waals surface area contributed by atoms with Crippen LogP contribution in [0, 0.1) is 0 Å². The minimum Gasteiger partial charge on any atom is -0.495 e. The zero-order valence-corrected chi connectivity index (χ0v) is 11.5. The number of halogens is 1. The standard InChI is InChI=1S/C12H15BrN2O/c1-12(2,3)11-14-10(13)9-6-5-8(16-4)7-15(9)11/h5-7H,1-4H3. The van der Waals surface area contributed by atoms with Crippen LogP contribution in [0.2, 0.25) is 0 Å². The van der Waals surface area contributed by atoms with Crippen LogP contribution in [-0.2, 0) is 5.41 Å². The van der Waals surface area contributed by atoms with Crippen LogP contribution in [0.4, 0.5) is 0 Å². The summed E-state index contributed by atoms with van der Waals surface area (Å²) in [6.45, 7) is 6.44. The summed E-state index contributed by atoms with van der Waals surface area (Å²) in [7, 11) is 1.67. The highest BCUT2D eigenvalue weighted by atomic mass is 79.9. The molecule has 3 nitrogen and oxygen atoms in total. The van der Waals surface area contributed by atoms with Crippen molar-refractivity contribution >= 4 is 21.4 Å². The van der Waals surface area contributed by atoms with Gasteiger partial charge in [-0.2, -0.15) is 0 Å². The summed E-state index contributed by atoms with van der Waals surface area (Å²) in [5, 5.41) is 0. The molecule has 0 saturated carbocycles. The Morgan fingerprint density at radius 1 is 1.31 bits per heavy atom. The Balaban J connectivity index is 2.75. The molecule has 0 saturated heterocycles. The van der Waals surface area contributed by atoms with Crippen LogP contribution in [0.3, 0.4) is 0 Å². The third kappa shape index (κ3) is 1.82. The average Bonchev–Trinajstić information content (AvgIpc) is 2.55. The summed E-state index contributed by atoms with van der Waals surface area (Å²) in [5.41, 5.74) is 1.06. The highest BCUT2D eigenvalue weighted by molar-refractivity contribution is 9.10. The Kier molecular flexibility index (Phi) is 2.70. The van der Waals surface area contributed by atoms with E-state index in [1.165, 1.54) is 0 Å². The molecule has 2 aromatic rings. The zero-order valence-electron chi connectivity index (χ0n) is 9.91. The molecule has 0 fully saturated rings. The van der Waals surface area contributed by atoms with E-state index in [0.29, 0.717) is 0 Å². The fourth-order valence-electron chi connectivity index (χ4n) is 1.68. The van der Waals surface area contributed by atoms with E-state index in [4.69, 9.17) is 4.74 Å². The first kappa shape index (κ1) is 11.5. The molecule has 0 unspecified atom stereocenters. The SMILES string of the molecule is COc1ccc2c(Br)nc(C(C)(C)C)n2c1. The van der Waals surface area contributed by atoms with Gasteiger partial charge >= 0.3 is 0 Å². The van der Waals surface area contributed by atoms with Crippen molar-refractivity contribution in [2.24, 2.45) is 0 Å². The number of methoxy groups -OCH3 is 1. The van der Waals surface area contributed by atoms with Gasteiger partial charge in [0, 0.05) is 5.41 Å². The third-order valence-electron chi connectivity index (χ3n) is 2.47. The lowest BCUT2D eigenvalue weighted by atomic mass is 9.96. The van der Waals surface area contributed by atoms with Crippen molar-refractivity contribution in [2.75, 3.05) is 7.11 Å². The van der Waals surface area contributed by atoms with Gasteiger partial charge in [-0.25, -0.2) is 4.98 Å². The van der Waals surface area contributed by atoms with Gasteiger partial charge in [0.2, 0.25) is 0 Å². The number of nitrogens with zero attached hydrogens (tertiary/aromatic N) is 2. The third-order valence-corrected chi connectivity index (χ3v) is 3.06. The normalized spacial score (nSPS) is 12.1. The van der Waals surface area contributed by atoms with Crippen LogP contribution in [-0.4, -0.2) is 16.5 Å². The van der Waals surface area contributed by atoms with Gasteiger partial charge in [0.15, 0.2) is 0 Å². The monoisotopic (exact) mass is 282 g/mol. The maximum atomic E-state index is 5.24. The van der Waals surface area contributed by atoms with Crippen molar-refractivity contribution in [1.82, 2.24) is 9.38 Å². The number of pyridine rings is 1. The molecule has 0 radical (unpaired) electrons. The summed E-state index contributed by atoms with van der Waals surface area (Å²) in [4.78, 5) is 4.56. The molecule has 16 heavy (non-hydrogen) atoms. The lowest BCUT2D eigenvalue weighted by Crippen LogP contribution is -2.15. The maximum absolute atomic E-state index is 5.24. The molecule has 0 spiro atoms. The summed E-state index contributed by atoms with van der Waals surface area (Å²) in [6, 6.07) is 3.94. The van der Waals surface area contributed by atoms with E-state index < -0.39 is 0 Å². The smallest absolute Gasteiger partial charge is 0.135 e. The van der Waals surface area contributed by atoms with E-state index in [1.54, 1.807) is 7.11 Å². The summed E-state index contributed by atoms with van der Waals surface area (Å²) in [5.74, 6) is 1.86. The van der Waals surface area contributed by atoms with Gasteiger partial charge in [-0.05, 0) is 28.1 Å². The first-order valence-electron chi connectivity index (χ1n) is 5.15. The molecule has 2 rings (SSSR count). The fraction of sp³-hybridized carbons (Fsp3) is 0.417. The minimum absolute atomic E-state index is 0.00129. The maximum Gasteiger partial charge on any atom is 0.135 e. The Labute approximate surface area is 104 Å². The van der Waals surface area contributed by atoms with Crippen molar-refractivity contribution in [1.29, 1.82) is 0 Å². The van der Waals surface area contributed by atoms with Crippen molar-refractivity contribution in [3.05, 3.63) is 28.8 Å². The van der Waals surface area contributed by atoms with E-state index in [-0.39, 0.29) is 5.41 Å². The van der Waals surface area contributed by atoms with Crippen molar-refractivity contribution in [3.63, 3.8) is 0 Å². The molecule has 0 amide bonds. The molecule has 0 aromatic carbocycles. The van der Waals surface area contributed by atoms with E-state index in [1.807, 2.05) is 18.3 Å². The van der Waals surface area contributed by atoms with E-state index in [2.05, 4.69) is 46.1 Å². The van der Waals surface area contributed by atoms with Crippen molar-refractivity contribution in [2.45, 2.75) is 26.2 Å². The van der Waals surface area contributed by atoms with E-state index in [9.17, 15) is 0 Å². The molecule has 0 aliphatic rings. The number of rotatable bonds is 1. The second-order valence-electron chi connectivity index (χ2n) is 4.80. The summed E-state index contributed by atoms with van der Waals surface area (Å²) < 4.78 is 8.18. The molecule has 0 atom stereocenters. The van der Waals surface area contributed by atoms with E-state index in [0.717, 1.165) is 21.7 Å². The number of fused-ring (bicyclic) bond motifs is 1. The van der Waals surface area contributed by atoms with Gasteiger partial charge in [0.1, 0.15) is 16.2 Å². The highest BCUT2D eigenvalue weighted by Crippen LogP contribution is 2.28. The second-order valence-corrected chi connectivity index (χ2v) is 5.55. The second kappa shape index (κ2) is 3.77. The van der Waals surface area contributed by atoms with Gasteiger partial charge < -0.3 is 4.74 Å². The quantitative estimate of drug-likeness (QED) is 0.801. The Hall–Kier alpha value is -1.03. The fourth-order valence-corrected chi connectivity index (χ4v) is 2.17. The van der Waals surface area contributed by atoms with Gasteiger partial charge in [-0.3, -0.25) is 4.40 Å². The molecule has 2 aromatic heterocycles. The Bertz CT molecular complexity index is 526. The van der Waals surface area contributed by atoms with Gasteiger partial charge in [0.25, 0.3) is 0 Å². The average molecular weight is 283 g/mol. The van der Waals surface area contributed by atoms with Crippen molar-refractivity contribution < 1.29 is 4.74 Å². The minimum atomic E-state index is 0.00129. The zero-order chi connectivity index (χ0) is 11.9. The lowest BCUT2D eigenvalue weighted by molar-refractivity contribution is 0.411. The summed E-state index contributed by atoms with van der Waals surface area (Å²) >= 11 is 3.48. The molecule has 2 heterocycles. The van der Waals surface area contributed by atoms with Crippen LogP contribution >= 0.6 is 15.9 Å². The topological polar surface area (TPSA) is 26.5 Å². The number of ether oxygens (including phenoxy) is 1. The van der Waals surface area contributed by atoms with E-state index >= 15 is 0 Å². The van der Waals surface area contributed by atoms with Gasteiger partial charge in [-0.1, -0.05) is 20.8 Å². The first-order chi connectivity index (χ1) is 7.43. The Morgan fingerprint density at radius 2 is 2.00 bits per heavy atom. The predicted molar refractivity (Wildman–Crippen MR) is 68.1 cm³/mol. The van der Waals surface area contributed by atoms with Crippen LogP contribution in [0.25, 0.3) is 5.52 Å². The van der Waals surface area contributed by atoms with Gasteiger partial charge in [0.05, 0.1) is 18.8 Å². The van der Waals surface area contributed by atoms with Gasteiger partial charge in [-0.15, -0.1) is 0 Å². The molecule has 0 aliphatic carbocycles. The molecular weight excluding hydrogens is 268 g/mol. The first-order valence-corrected chi connectivity index (χ1v) is 5.95. The number of imidazole rings is 1. The van der Waals surface area contributed by atoms with Crippen LogP contribution in [0.15, 0.2) is 22.9 Å². The number of hydrogen-bond donors (Lipinski definition) is 0. The van der Waals surface area contributed by atoms with Crippen LogP contribution < -0.4 is 4.74 Å². The predicted octanol–water partition coefficient (Wildman–Crippen LogP) is 3.40. The highest BCUT2D eigenvalue weighted by Gasteiger charge is 2.21. The molecule has 0 N–H and O–H groups in total. The molecule has 0 aliphatic heterocycles.